The molecule has 2 N–H and O–H groups in total. The number of nitrogens with one attached hydrogen (secondary N) is 1. The Morgan fingerprint density at radius 2 is 1.83 bits per heavy atom. The Balaban J connectivity index is 1.12. The van der Waals surface area contributed by atoms with Crippen LogP contribution in [0.4, 0.5) is 4.79 Å². The first kappa shape index (κ1) is 26.9. The summed E-state index contributed by atoms with van der Waals surface area (Å²) >= 11 is 0. The number of carbonyl (C=O) groups excluding carboxylic acids is 1. The van der Waals surface area contributed by atoms with Crippen LogP contribution in [0.5, 0.6) is 0 Å². The summed E-state index contributed by atoms with van der Waals surface area (Å²) in [5, 5.41) is 12.2. The van der Waals surface area contributed by atoms with Crippen LogP contribution in [0.1, 0.15) is 44.0 Å². The Kier molecular flexibility index (Phi) is 6.82. The number of imidazole rings is 1. The number of morpholine rings is 1. The first-order chi connectivity index (χ1) is 20.4. The van der Waals surface area contributed by atoms with Crippen LogP contribution in [-0.2, 0) is 11.3 Å². The number of H-pyrrole nitrogens is 1. The van der Waals surface area contributed by atoms with Crippen LogP contribution >= 0.6 is 0 Å². The van der Waals surface area contributed by atoms with Crippen molar-refractivity contribution in [2.45, 2.75) is 50.3 Å². The van der Waals surface area contributed by atoms with Crippen LogP contribution in [0.3, 0.4) is 0 Å². The molecule has 2 saturated heterocycles. The smallest absolute Gasteiger partial charge is 0.320 e. The molecule has 42 heavy (non-hydrogen) atoms. The van der Waals surface area contributed by atoms with Crippen LogP contribution in [0.2, 0.25) is 0 Å². The van der Waals surface area contributed by atoms with Crippen molar-refractivity contribution < 1.29 is 14.6 Å². The maximum Gasteiger partial charge on any atom is 0.320 e. The zero-order chi connectivity index (χ0) is 28.7. The number of rotatable bonds is 4. The van der Waals surface area contributed by atoms with Crippen LogP contribution < -0.4 is 5.56 Å². The van der Waals surface area contributed by atoms with Gasteiger partial charge in [-0.3, -0.25) is 9.36 Å². The topological polar surface area (TPSA) is 117 Å². The SMILES string of the molecule is O=C(N1CCC(O)(Cn2cnc(-c3ccccc3)cc2=O)C2(CCCC2)C1)N1CCOCC1c1nc2ccccc2[nH]1. The lowest BCUT2D eigenvalue weighted by atomic mass is 9.66. The monoisotopic (exact) mass is 568 g/mol. The Morgan fingerprint density at radius 3 is 2.62 bits per heavy atom. The van der Waals surface area contributed by atoms with Crippen molar-refractivity contribution >= 4 is 17.1 Å². The van der Waals surface area contributed by atoms with Crippen molar-refractivity contribution in [2.24, 2.45) is 5.41 Å². The molecule has 2 aliphatic heterocycles. The summed E-state index contributed by atoms with van der Waals surface area (Å²) < 4.78 is 7.32. The number of hydrogen-bond acceptors (Lipinski definition) is 6. The normalized spacial score (nSPS) is 24.0. The number of aromatic nitrogens is 4. The van der Waals surface area contributed by atoms with Crippen LogP contribution in [-0.4, -0.2) is 78.9 Å². The first-order valence-corrected chi connectivity index (χ1v) is 14.9. The number of amides is 2. The van der Waals surface area contributed by atoms with E-state index in [1.54, 1.807) is 6.33 Å². The van der Waals surface area contributed by atoms with E-state index in [1.807, 2.05) is 64.4 Å². The molecule has 0 bridgehead atoms. The molecule has 4 aromatic rings. The summed E-state index contributed by atoms with van der Waals surface area (Å²) in [4.78, 5) is 43.7. The van der Waals surface area contributed by atoms with Crippen molar-refractivity contribution in [1.29, 1.82) is 0 Å². The van der Waals surface area contributed by atoms with E-state index in [0.717, 1.165) is 48.1 Å². The van der Waals surface area contributed by atoms with Crippen molar-refractivity contribution in [2.75, 3.05) is 32.8 Å². The number of likely N-dealkylation sites (tertiary alicyclic amines) is 1. The summed E-state index contributed by atoms with van der Waals surface area (Å²) in [6, 6.07) is 18.6. The highest BCUT2D eigenvalue weighted by molar-refractivity contribution is 5.77. The lowest BCUT2D eigenvalue weighted by molar-refractivity contribution is -0.138. The minimum Gasteiger partial charge on any atom is -0.387 e. The van der Waals surface area contributed by atoms with Crippen LogP contribution in [0.15, 0.2) is 71.8 Å². The number of nitrogens with zero attached hydrogens (tertiary/aromatic N) is 5. The standard InChI is InChI=1S/C32H36N6O4/c39-28-18-26(23-8-2-1-3-9-23)33-22-37(28)21-32(41)14-15-36(20-31(32)12-6-7-13-31)30(40)38-16-17-42-19-27(38)29-34-24-10-4-5-11-25(24)35-29/h1-5,8-11,18,22,27,41H,6-7,12-17,19-21H2,(H,34,35). The average molecular weight is 569 g/mol. The van der Waals surface area contributed by atoms with Crippen molar-refractivity contribution in [3.05, 3.63) is 83.2 Å². The van der Waals surface area contributed by atoms with E-state index in [1.165, 1.54) is 10.6 Å². The minimum atomic E-state index is -1.12. The average Bonchev–Trinajstić information content (AvgIpc) is 3.68. The lowest BCUT2D eigenvalue weighted by Crippen LogP contribution is -2.64. The van der Waals surface area contributed by atoms with Gasteiger partial charge in [-0.05, 0) is 31.4 Å². The maximum absolute atomic E-state index is 14.1. The Hall–Kier alpha value is -4.02. The fourth-order valence-corrected chi connectivity index (χ4v) is 7.23. The van der Waals surface area contributed by atoms with E-state index in [0.29, 0.717) is 45.0 Å². The number of carbonyl (C=O) groups is 1. The van der Waals surface area contributed by atoms with Gasteiger partial charge in [0.1, 0.15) is 11.9 Å². The lowest BCUT2D eigenvalue weighted by Gasteiger charge is -2.53. The molecule has 2 amide bonds. The summed E-state index contributed by atoms with van der Waals surface area (Å²) in [5.74, 6) is 0.721. The summed E-state index contributed by atoms with van der Waals surface area (Å²) in [7, 11) is 0. The van der Waals surface area contributed by atoms with Gasteiger partial charge in [-0.1, -0.05) is 55.3 Å². The second-order valence-corrected chi connectivity index (χ2v) is 12.0. The van der Waals surface area contributed by atoms with E-state index in [4.69, 9.17) is 9.72 Å². The van der Waals surface area contributed by atoms with Crippen molar-refractivity contribution in [3.8, 4) is 11.3 Å². The van der Waals surface area contributed by atoms with Crippen LogP contribution in [0.25, 0.3) is 22.3 Å². The largest absolute Gasteiger partial charge is 0.387 e. The number of hydrogen-bond donors (Lipinski definition) is 2. The Bertz CT molecular complexity index is 1610. The van der Waals surface area contributed by atoms with E-state index < -0.39 is 11.0 Å². The molecule has 7 rings (SSSR count). The second kappa shape index (κ2) is 10.7. The molecular weight excluding hydrogens is 532 g/mol. The van der Waals surface area contributed by atoms with Gasteiger partial charge in [0.2, 0.25) is 0 Å². The third-order valence-corrected chi connectivity index (χ3v) is 9.59. The van der Waals surface area contributed by atoms with Gasteiger partial charge < -0.3 is 24.6 Å². The molecule has 1 saturated carbocycles. The Morgan fingerprint density at radius 1 is 1.05 bits per heavy atom. The number of para-hydroxylation sites is 2. The summed E-state index contributed by atoms with van der Waals surface area (Å²) in [5.41, 5.74) is 1.49. The fourth-order valence-electron chi connectivity index (χ4n) is 7.23. The van der Waals surface area contributed by atoms with E-state index >= 15 is 0 Å². The number of aromatic amines is 1. The number of urea groups is 1. The zero-order valence-electron chi connectivity index (χ0n) is 23.6. The predicted octanol–water partition coefficient (Wildman–Crippen LogP) is 3.98. The molecule has 10 heteroatoms. The van der Waals surface area contributed by atoms with Gasteiger partial charge in [-0.2, -0.15) is 0 Å². The molecule has 3 aliphatic rings. The predicted molar refractivity (Wildman–Crippen MR) is 158 cm³/mol. The summed E-state index contributed by atoms with van der Waals surface area (Å²) in [6.45, 7) is 2.35. The second-order valence-electron chi connectivity index (χ2n) is 12.0. The number of fused-ring (bicyclic) bond motifs is 1. The van der Waals surface area contributed by atoms with Crippen molar-refractivity contribution in [1.82, 2.24) is 29.3 Å². The van der Waals surface area contributed by atoms with E-state index in [2.05, 4.69) is 9.97 Å². The number of ether oxygens (including phenoxy) is 1. The van der Waals surface area contributed by atoms with Crippen LogP contribution in [0, 0.1) is 5.41 Å². The highest BCUT2D eigenvalue weighted by atomic mass is 16.5. The molecule has 218 valence electrons. The molecule has 2 aromatic heterocycles. The highest BCUT2D eigenvalue weighted by Gasteiger charge is 2.56. The molecule has 2 aromatic carbocycles. The van der Waals surface area contributed by atoms with Gasteiger partial charge in [0.25, 0.3) is 5.56 Å². The molecule has 10 nitrogen and oxygen atoms in total. The quantitative estimate of drug-likeness (QED) is 0.385. The van der Waals surface area contributed by atoms with Gasteiger partial charge in [0, 0.05) is 36.7 Å². The number of piperidine rings is 1. The van der Waals surface area contributed by atoms with Gasteiger partial charge >= 0.3 is 6.03 Å². The van der Waals surface area contributed by atoms with E-state index in [9.17, 15) is 14.7 Å². The fraction of sp³-hybridized carbons (Fsp3) is 0.438. The minimum absolute atomic E-state index is 0.0527. The summed E-state index contributed by atoms with van der Waals surface area (Å²) in [6.07, 6.45) is 5.55. The molecular formula is C32H36N6O4. The zero-order valence-corrected chi connectivity index (χ0v) is 23.6. The third kappa shape index (κ3) is 4.68. The molecule has 1 aliphatic carbocycles. The Labute approximate surface area is 244 Å². The van der Waals surface area contributed by atoms with Crippen molar-refractivity contribution in [3.63, 3.8) is 0 Å². The maximum atomic E-state index is 14.1. The van der Waals surface area contributed by atoms with Gasteiger partial charge in [-0.25, -0.2) is 14.8 Å². The first-order valence-electron chi connectivity index (χ1n) is 14.9. The molecule has 0 radical (unpaired) electrons. The van der Waals surface area contributed by atoms with E-state index in [-0.39, 0.29) is 24.2 Å². The number of aliphatic hydroxyl groups is 1. The molecule has 2 atom stereocenters. The van der Waals surface area contributed by atoms with Gasteiger partial charge in [0.05, 0.1) is 48.4 Å². The molecule has 1 spiro atoms. The molecule has 3 fully saturated rings. The number of benzene rings is 2. The van der Waals surface area contributed by atoms with Gasteiger partial charge in [-0.15, -0.1) is 0 Å². The third-order valence-electron chi connectivity index (χ3n) is 9.59. The molecule has 2 unspecified atom stereocenters. The van der Waals surface area contributed by atoms with Gasteiger partial charge in [0.15, 0.2) is 0 Å². The highest BCUT2D eigenvalue weighted by Crippen LogP contribution is 2.51. The molecule has 4 heterocycles.